The van der Waals surface area contributed by atoms with Crippen molar-refractivity contribution in [3.05, 3.63) is 29.8 Å². The van der Waals surface area contributed by atoms with Crippen LogP contribution in [0.4, 0.5) is 0 Å². The first-order chi connectivity index (χ1) is 5.74. The van der Waals surface area contributed by atoms with Gasteiger partial charge in [0.25, 0.3) is 5.91 Å². The zero-order valence-corrected chi connectivity index (χ0v) is 6.11. The molecule has 64 valence electrons. The summed E-state index contributed by atoms with van der Waals surface area (Å²) >= 11 is 0. The predicted molar refractivity (Wildman–Crippen MR) is 40.5 cm³/mol. The third-order valence-electron chi connectivity index (χ3n) is 1.30. The number of rotatable bonds is 2. The van der Waals surface area contributed by atoms with Crippen molar-refractivity contribution in [2.24, 2.45) is 0 Å². The van der Waals surface area contributed by atoms with E-state index in [4.69, 9.17) is 10.3 Å². The Kier molecular flexibility index (Phi) is 2.62. The van der Waals surface area contributed by atoms with Crippen molar-refractivity contribution in [3.63, 3.8) is 0 Å². The topological polar surface area (TPSA) is 81.6 Å². The lowest BCUT2D eigenvalue weighted by molar-refractivity contribution is 0.0731. The Hall–Kier alpha value is -1.59. The van der Waals surface area contributed by atoms with Crippen LogP contribution in [0.2, 0.25) is 0 Å². The maximum Gasteiger partial charge on any atom is 0.267 e. The van der Waals surface area contributed by atoms with Crippen LogP contribution < -0.4 is 11.0 Å². The van der Waals surface area contributed by atoms with Gasteiger partial charge in [0, 0.05) is 5.56 Å². The average Bonchev–Trinajstić information content (AvgIpc) is 2.06. The molecule has 0 spiro atoms. The molecule has 0 bridgehead atoms. The van der Waals surface area contributed by atoms with E-state index in [1.165, 1.54) is 29.9 Å². The molecule has 0 unspecified atom stereocenters. The van der Waals surface area contributed by atoms with Crippen LogP contribution in [0.25, 0.3) is 0 Å². The SMILES string of the molecule is O=C(NNO)c1ccc(O)cc1. The normalized spacial score (nSPS) is 9.42. The Morgan fingerprint density at radius 2 is 1.83 bits per heavy atom. The van der Waals surface area contributed by atoms with E-state index in [0.717, 1.165) is 0 Å². The largest absolute Gasteiger partial charge is 0.508 e. The Bertz CT molecular complexity index is 270. The summed E-state index contributed by atoms with van der Waals surface area (Å²) in [7, 11) is 0. The lowest BCUT2D eigenvalue weighted by Crippen LogP contribution is -2.34. The second-order valence-corrected chi connectivity index (χ2v) is 2.11. The number of phenolic OH excluding ortho intramolecular Hbond substituents is 1. The summed E-state index contributed by atoms with van der Waals surface area (Å²) in [6, 6.07) is 5.63. The zero-order valence-electron chi connectivity index (χ0n) is 6.11. The van der Waals surface area contributed by atoms with E-state index in [2.05, 4.69) is 0 Å². The number of hydrazine groups is 1. The molecular formula is C7H8N2O3. The van der Waals surface area contributed by atoms with Gasteiger partial charge in [-0.05, 0) is 24.3 Å². The van der Waals surface area contributed by atoms with Crippen molar-refractivity contribution < 1.29 is 15.1 Å². The predicted octanol–water partition coefficient (Wildman–Crippen LogP) is 0.0158. The van der Waals surface area contributed by atoms with Gasteiger partial charge in [0.2, 0.25) is 0 Å². The third kappa shape index (κ3) is 1.94. The highest BCUT2D eigenvalue weighted by molar-refractivity contribution is 5.93. The fourth-order valence-corrected chi connectivity index (χ4v) is 0.736. The maximum absolute atomic E-state index is 10.9. The lowest BCUT2D eigenvalue weighted by atomic mass is 10.2. The molecule has 0 atom stereocenters. The number of nitrogens with one attached hydrogen (secondary N) is 2. The number of amides is 1. The van der Waals surface area contributed by atoms with E-state index in [1.807, 2.05) is 5.43 Å². The number of carbonyl (C=O) groups excluding carboxylic acids is 1. The molecule has 1 amide bonds. The van der Waals surface area contributed by atoms with E-state index >= 15 is 0 Å². The number of phenols is 1. The molecule has 0 saturated carbocycles. The van der Waals surface area contributed by atoms with E-state index in [1.54, 1.807) is 0 Å². The Morgan fingerprint density at radius 1 is 1.25 bits per heavy atom. The number of benzene rings is 1. The first-order valence-corrected chi connectivity index (χ1v) is 3.22. The fourth-order valence-electron chi connectivity index (χ4n) is 0.736. The van der Waals surface area contributed by atoms with Crippen molar-refractivity contribution in [2.45, 2.75) is 0 Å². The summed E-state index contributed by atoms with van der Waals surface area (Å²) in [5.41, 5.74) is 3.83. The van der Waals surface area contributed by atoms with Crippen molar-refractivity contribution in [2.75, 3.05) is 0 Å². The molecule has 5 nitrogen and oxygen atoms in total. The summed E-state index contributed by atoms with van der Waals surface area (Å²) in [6.07, 6.45) is 0. The molecule has 1 aromatic rings. The molecule has 1 aromatic carbocycles. The summed E-state index contributed by atoms with van der Waals surface area (Å²) in [6.45, 7) is 0. The molecule has 0 radical (unpaired) electrons. The summed E-state index contributed by atoms with van der Waals surface area (Å²) in [4.78, 5) is 10.9. The van der Waals surface area contributed by atoms with Crippen molar-refractivity contribution >= 4 is 5.91 Å². The van der Waals surface area contributed by atoms with Crippen LogP contribution in [0.5, 0.6) is 5.75 Å². The summed E-state index contributed by atoms with van der Waals surface area (Å²) in [5, 5.41) is 17.0. The first-order valence-electron chi connectivity index (χ1n) is 3.22. The number of carbonyl (C=O) groups is 1. The standard InChI is InChI=1S/C7H8N2O3/c10-6-3-1-5(2-4-6)7(11)8-9-12/h1-4,9-10,12H,(H,8,11). The minimum absolute atomic E-state index is 0.0866. The van der Waals surface area contributed by atoms with Gasteiger partial charge in [-0.15, -0.1) is 5.59 Å². The van der Waals surface area contributed by atoms with Gasteiger partial charge in [0.05, 0.1) is 0 Å². The van der Waals surface area contributed by atoms with Crippen LogP contribution in [0.3, 0.4) is 0 Å². The number of hydrogen-bond acceptors (Lipinski definition) is 4. The fraction of sp³-hybridized carbons (Fsp3) is 0. The van der Waals surface area contributed by atoms with E-state index in [-0.39, 0.29) is 5.75 Å². The molecule has 0 aliphatic heterocycles. The first kappa shape index (κ1) is 8.51. The maximum atomic E-state index is 10.9. The molecule has 0 saturated heterocycles. The van der Waals surface area contributed by atoms with Crippen LogP contribution in [0.1, 0.15) is 10.4 Å². The van der Waals surface area contributed by atoms with Crippen LogP contribution in [0.15, 0.2) is 24.3 Å². The van der Waals surface area contributed by atoms with Crippen molar-refractivity contribution in [3.8, 4) is 5.75 Å². The minimum Gasteiger partial charge on any atom is -0.508 e. The monoisotopic (exact) mass is 168 g/mol. The van der Waals surface area contributed by atoms with Crippen LogP contribution >= 0.6 is 0 Å². The van der Waals surface area contributed by atoms with Gasteiger partial charge >= 0.3 is 0 Å². The lowest BCUT2D eigenvalue weighted by Gasteiger charge is -2.00. The van der Waals surface area contributed by atoms with E-state index in [9.17, 15) is 4.79 Å². The van der Waals surface area contributed by atoms with Gasteiger partial charge in [-0.25, -0.2) is 0 Å². The van der Waals surface area contributed by atoms with E-state index in [0.29, 0.717) is 5.56 Å². The highest BCUT2D eigenvalue weighted by atomic mass is 16.5. The molecule has 4 N–H and O–H groups in total. The molecular weight excluding hydrogens is 160 g/mol. The summed E-state index contributed by atoms with van der Waals surface area (Å²) in [5.74, 6) is -0.388. The highest BCUT2D eigenvalue weighted by Crippen LogP contribution is 2.08. The average molecular weight is 168 g/mol. The van der Waals surface area contributed by atoms with Gasteiger partial charge < -0.3 is 5.11 Å². The molecule has 1 rings (SSSR count). The van der Waals surface area contributed by atoms with Crippen LogP contribution in [-0.4, -0.2) is 16.2 Å². The minimum atomic E-state index is -0.475. The van der Waals surface area contributed by atoms with Gasteiger partial charge in [-0.1, -0.05) is 0 Å². The Labute approximate surface area is 68.6 Å². The van der Waals surface area contributed by atoms with Gasteiger partial charge in [0.15, 0.2) is 0 Å². The highest BCUT2D eigenvalue weighted by Gasteiger charge is 2.02. The smallest absolute Gasteiger partial charge is 0.267 e. The molecule has 0 fully saturated rings. The number of hydrogen-bond donors (Lipinski definition) is 4. The van der Waals surface area contributed by atoms with E-state index < -0.39 is 5.91 Å². The number of aromatic hydroxyl groups is 1. The van der Waals surface area contributed by atoms with Crippen molar-refractivity contribution in [1.82, 2.24) is 11.0 Å². The second-order valence-electron chi connectivity index (χ2n) is 2.11. The summed E-state index contributed by atoms with van der Waals surface area (Å²) < 4.78 is 0. The molecule has 0 aliphatic rings. The van der Waals surface area contributed by atoms with Crippen LogP contribution in [0, 0.1) is 0 Å². The second kappa shape index (κ2) is 3.70. The molecule has 0 heterocycles. The van der Waals surface area contributed by atoms with Gasteiger partial charge in [0.1, 0.15) is 5.75 Å². The quantitative estimate of drug-likeness (QED) is 0.469. The molecule has 0 aliphatic carbocycles. The van der Waals surface area contributed by atoms with Crippen molar-refractivity contribution in [1.29, 1.82) is 0 Å². The molecule has 5 heteroatoms. The molecule has 0 aromatic heterocycles. The zero-order chi connectivity index (χ0) is 8.97. The third-order valence-corrected chi connectivity index (χ3v) is 1.30. The van der Waals surface area contributed by atoms with Gasteiger partial charge in [-0.3, -0.25) is 15.4 Å². The van der Waals surface area contributed by atoms with Crippen LogP contribution in [-0.2, 0) is 0 Å². The molecule has 12 heavy (non-hydrogen) atoms. The Balaban J connectivity index is 2.75. The van der Waals surface area contributed by atoms with Gasteiger partial charge in [-0.2, -0.15) is 0 Å². The Morgan fingerprint density at radius 3 is 2.33 bits per heavy atom.